The summed E-state index contributed by atoms with van der Waals surface area (Å²) in [5.74, 6) is -0.356. The molecule has 0 atom stereocenters. The van der Waals surface area contributed by atoms with E-state index in [1.165, 1.54) is 0 Å². The summed E-state index contributed by atoms with van der Waals surface area (Å²) in [5, 5.41) is 2.73. The Morgan fingerprint density at radius 1 is 1.19 bits per heavy atom. The van der Waals surface area contributed by atoms with Crippen LogP contribution in [0, 0.1) is 0 Å². The molecule has 0 saturated carbocycles. The Morgan fingerprint density at radius 3 is 2.62 bits per heavy atom. The van der Waals surface area contributed by atoms with Crippen molar-refractivity contribution in [2.75, 3.05) is 11.0 Å². The Bertz CT molecular complexity index is 730. The zero-order chi connectivity index (χ0) is 15.3. The number of sulfonamides is 1. The van der Waals surface area contributed by atoms with Crippen LogP contribution in [0.1, 0.15) is 15.9 Å². The first-order valence-electron chi connectivity index (χ1n) is 6.19. The molecule has 0 bridgehead atoms. The average molecular weight is 305 g/mol. The van der Waals surface area contributed by atoms with E-state index in [1.54, 1.807) is 42.7 Å². The largest absolute Gasteiger partial charge is 0.348 e. The van der Waals surface area contributed by atoms with Crippen LogP contribution >= 0.6 is 0 Å². The second-order valence-corrected chi connectivity index (χ2v) is 6.21. The minimum absolute atomic E-state index is 0.253. The maximum absolute atomic E-state index is 12.2. The number of aromatic nitrogens is 1. The molecule has 2 N–H and O–H groups in total. The standard InChI is InChI=1S/C14H15N3O3S/c1-21(19,20)17-13-7-3-2-6-12(13)14(18)16-10-11-5-4-8-15-9-11/h2-9,17H,10H2,1H3,(H,16,18). The van der Waals surface area contributed by atoms with Crippen LogP contribution in [0.3, 0.4) is 0 Å². The van der Waals surface area contributed by atoms with Gasteiger partial charge in [0.1, 0.15) is 0 Å². The molecule has 0 unspecified atom stereocenters. The summed E-state index contributed by atoms with van der Waals surface area (Å²) < 4.78 is 24.9. The number of pyridine rings is 1. The average Bonchev–Trinajstić information content (AvgIpc) is 2.45. The minimum atomic E-state index is -3.44. The number of amides is 1. The highest BCUT2D eigenvalue weighted by Gasteiger charge is 2.13. The van der Waals surface area contributed by atoms with Gasteiger partial charge in [-0.3, -0.25) is 14.5 Å². The van der Waals surface area contributed by atoms with Gasteiger partial charge in [0.25, 0.3) is 5.91 Å². The molecule has 0 spiro atoms. The number of nitrogens with one attached hydrogen (secondary N) is 2. The number of nitrogens with zero attached hydrogens (tertiary/aromatic N) is 1. The fraction of sp³-hybridized carbons (Fsp3) is 0.143. The molecule has 1 heterocycles. The van der Waals surface area contributed by atoms with Crippen LogP contribution in [0.2, 0.25) is 0 Å². The van der Waals surface area contributed by atoms with E-state index in [4.69, 9.17) is 0 Å². The Balaban J connectivity index is 2.12. The molecule has 0 fully saturated rings. The molecule has 0 aliphatic carbocycles. The van der Waals surface area contributed by atoms with E-state index in [0.717, 1.165) is 11.8 Å². The van der Waals surface area contributed by atoms with E-state index in [1.807, 2.05) is 6.07 Å². The molecular weight excluding hydrogens is 290 g/mol. The molecule has 2 rings (SSSR count). The molecule has 0 aliphatic rings. The van der Waals surface area contributed by atoms with Crippen LogP contribution in [0.25, 0.3) is 0 Å². The second-order valence-electron chi connectivity index (χ2n) is 4.46. The van der Waals surface area contributed by atoms with Crippen molar-refractivity contribution >= 4 is 21.6 Å². The van der Waals surface area contributed by atoms with Crippen molar-refractivity contribution in [1.29, 1.82) is 0 Å². The molecule has 21 heavy (non-hydrogen) atoms. The maximum Gasteiger partial charge on any atom is 0.253 e. The first-order chi connectivity index (χ1) is 9.96. The molecule has 1 aromatic carbocycles. The third kappa shape index (κ3) is 4.57. The first-order valence-corrected chi connectivity index (χ1v) is 8.09. The molecule has 0 aliphatic heterocycles. The third-order valence-corrected chi connectivity index (χ3v) is 3.23. The van der Waals surface area contributed by atoms with Crippen LogP contribution in [0.5, 0.6) is 0 Å². The van der Waals surface area contributed by atoms with Crippen LogP contribution in [-0.4, -0.2) is 25.6 Å². The number of carbonyl (C=O) groups excluding carboxylic acids is 1. The molecule has 0 radical (unpaired) electrons. The number of hydrogen-bond donors (Lipinski definition) is 2. The second kappa shape index (κ2) is 6.36. The predicted octanol–water partition coefficient (Wildman–Crippen LogP) is 1.38. The molecule has 7 heteroatoms. The SMILES string of the molecule is CS(=O)(=O)Nc1ccccc1C(=O)NCc1cccnc1. The molecule has 6 nitrogen and oxygen atoms in total. The maximum atomic E-state index is 12.2. The molecule has 2 aromatic rings. The summed E-state index contributed by atoms with van der Waals surface area (Å²) in [5.41, 5.74) is 1.38. The lowest BCUT2D eigenvalue weighted by Gasteiger charge is -2.10. The van der Waals surface area contributed by atoms with E-state index in [2.05, 4.69) is 15.0 Å². The Hall–Kier alpha value is -2.41. The quantitative estimate of drug-likeness (QED) is 0.873. The van der Waals surface area contributed by atoms with Gasteiger partial charge in [0.05, 0.1) is 17.5 Å². The Labute approximate surface area is 123 Å². The summed E-state index contributed by atoms with van der Waals surface area (Å²) in [6.07, 6.45) is 4.34. The fourth-order valence-corrected chi connectivity index (χ4v) is 2.33. The van der Waals surface area contributed by atoms with Gasteiger partial charge in [0.15, 0.2) is 0 Å². The van der Waals surface area contributed by atoms with Crippen molar-refractivity contribution in [3.63, 3.8) is 0 Å². The van der Waals surface area contributed by atoms with E-state index in [0.29, 0.717) is 6.54 Å². The smallest absolute Gasteiger partial charge is 0.253 e. The van der Waals surface area contributed by atoms with E-state index >= 15 is 0 Å². The Morgan fingerprint density at radius 2 is 1.95 bits per heavy atom. The van der Waals surface area contributed by atoms with Gasteiger partial charge in [-0.15, -0.1) is 0 Å². The summed E-state index contributed by atoms with van der Waals surface area (Å²) in [7, 11) is -3.44. The molecular formula is C14H15N3O3S. The van der Waals surface area contributed by atoms with E-state index in [-0.39, 0.29) is 17.2 Å². The summed E-state index contributed by atoms with van der Waals surface area (Å²) >= 11 is 0. The molecule has 0 saturated heterocycles. The van der Waals surface area contributed by atoms with E-state index in [9.17, 15) is 13.2 Å². The van der Waals surface area contributed by atoms with Crippen LogP contribution < -0.4 is 10.0 Å². The molecule has 110 valence electrons. The number of hydrogen-bond acceptors (Lipinski definition) is 4. The lowest BCUT2D eigenvalue weighted by atomic mass is 10.1. The Kier molecular flexibility index (Phi) is 4.54. The van der Waals surface area contributed by atoms with Gasteiger partial charge in [-0.05, 0) is 23.8 Å². The zero-order valence-electron chi connectivity index (χ0n) is 11.4. The highest BCUT2D eigenvalue weighted by atomic mass is 32.2. The number of anilines is 1. The zero-order valence-corrected chi connectivity index (χ0v) is 12.2. The normalized spacial score (nSPS) is 10.9. The van der Waals surface area contributed by atoms with Crippen LogP contribution in [-0.2, 0) is 16.6 Å². The van der Waals surface area contributed by atoms with Crippen molar-refractivity contribution in [3.8, 4) is 0 Å². The number of carbonyl (C=O) groups is 1. The van der Waals surface area contributed by atoms with Gasteiger partial charge in [-0.25, -0.2) is 8.42 Å². The first kappa shape index (κ1) is 15.0. The van der Waals surface area contributed by atoms with Gasteiger partial charge >= 0.3 is 0 Å². The predicted molar refractivity (Wildman–Crippen MR) is 80.3 cm³/mol. The summed E-state index contributed by atoms with van der Waals surface area (Å²) in [6.45, 7) is 0.319. The summed E-state index contributed by atoms with van der Waals surface area (Å²) in [4.78, 5) is 16.1. The van der Waals surface area contributed by atoms with Crippen LogP contribution in [0.4, 0.5) is 5.69 Å². The van der Waals surface area contributed by atoms with Gasteiger partial charge in [0.2, 0.25) is 10.0 Å². The summed E-state index contributed by atoms with van der Waals surface area (Å²) in [6, 6.07) is 10.1. The van der Waals surface area contributed by atoms with Crippen molar-refractivity contribution < 1.29 is 13.2 Å². The number of rotatable bonds is 5. The van der Waals surface area contributed by atoms with Gasteiger partial charge in [-0.2, -0.15) is 0 Å². The lowest BCUT2D eigenvalue weighted by Crippen LogP contribution is -2.24. The van der Waals surface area contributed by atoms with Gasteiger partial charge in [0, 0.05) is 18.9 Å². The number of benzene rings is 1. The van der Waals surface area contributed by atoms with E-state index < -0.39 is 10.0 Å². The monoisotopic (exact) mass is 305 g/mol. The highest BCUT2D eigenvalue weighted by Crippen LogP contribution is 2.16. The van der Waals surface area contributed by atoms with Gasteiger partial charge < -0.3 is 5.32 Å². The van der Waals surface area contributed by atoms with Crippen molar-refractivity contribution in [2.24, 2.45) is 0 Å². The minimum Gasteiger partial charge on any atom is -0.348 e. The van der Waals surface area contributed by atoms with Crippen molar-refractivity contribution in [1.82, 2.24) is 10.3 Å². The fourth-order valence-electron chi connectivity index (χ4n) is 1.75. The highest BCUT2D eigenvalue weighted by molar-refractivity contribution is 7.92. The number of para-hydroxylation sites is 1. The van der Waals surface area contributed by atoms with Crippen LogP contribution in [0.15, 0.2) is 48.8 Å². The molecule has 1 aromatic heterocycles. The molecule has 1 amide bonds. The topological polar surface area (TPSA) is 88.2 Å². The lowest BCUT2D eigenvalue weighted by molar-refractivity contribution is 0.0952. The van der Waals surface area contributed by atoms with Gasteiger partial charge in [-0.1, -0.05) is 18.2 Å². The van der Waals surface area contributed by atoms with Crippen molar-refractivity contribution in [3.05, 3.63) is 59.9 Å². The van der Waals surface area contributed by atoms with Crippen molar-refractivity contribution in [2.45, 2.75) is 6.54 Å². The third-order valence-electron chi connectivity index (χ3n) is 2.64.